The van der Waals surface area contributed by atoms with Gasteiger partial charge >= 0.3 is 5.97 Å². The molecule has 0 aliphatic carbocycles. The van der Waals surface area contributed by atoms with Crippen molar-refractivity contribution in [3.63, 3.8) is 0 Å². The Morgan fingerprint density at radius 1 is 1.35 bits per heavy atom. The van der Waals surface area contributed by atoms with Crippen LogP contribution in [0.4, 0.5) is 0 Å². The third kappa shape index (κ3) is 2.90. The molecule has 1 aromatic heterocycles. The van der Waals surface area contributed by atoms with Crippen molar-refractivity contribution in [2.24, 2.45) is 0 Å². The molecule has 0 atom stereocenters. The van der Waals surface area contributed by atoms with Gasteiger partial charge in [0, 0.05) is 6.20 Å². The fourth-order valence-corrected chi connectivity index (χ4v) is 2.12. The molecular weight excluding hydrogens is 252 g/mol. The molecule has 0 aliphatic rings. The van der Waals surface area contributed by atoms with E-state index in [1.807, 2.05) is 42.9 Å². The van der Waals surface area contributed by atoms with E-state index in [2.05, 4.69) is 18.9 Å². The molecule has 0 saturated carbocycles. The van der Waals surface area contributed by atoms with Crippen molar-refractivity contribution in [3.05, 3.63) is 47.3 Å². The summed E-state index contributed by atoms with van der Waals surface area (Å²) >= 11 is 0. The number of hydrogen-bond acceptors (Lipinski definition) is 3. The van der Waals surface area contributed by atoms with Gasteiger partial charge < -0.3 is 4.74 Å². The second-order valence-corrected chi connectivity index (χ2v) is 5.05. The highest BCUT2D eigenvalue weighted by molar-refractivity contribution is 5.90. The Kier molecular flexibility index (Phi) is 4.23. The van der Waals surface area contributed by atoms with E-state index in [4.69, 9.17) is 4.74 Å². The highest BCUT2D eigenvalue weighted by Crippen LogP contribution is 2.24. The number of aryl methyl sites for hydroxylation is 1. The Bertz CT molecular complexity index is 615. The maximum absolute atomic E-state index is 11.8. The molecule has 0 fully saturated rings. The first-order valence-electron chi connectivity index (χ1n) is 6.86. The number of carbonyl (C=O) groups is 1. The highest BCUT2D eigenvalue weighted by Gasteiger charge is 2.14. The zero-order valence-electron chi connectivity index (χ0n) is 12.4. The van der Waals surface area contributed by atoms with Crippen LogP contribution in [0.2, 0.25) is 0 Å². The van der Waals surface area contributed by atoms with Gasteiger partial charge in [0.1, 0.15) is 0 Å². The first kappa shape index (κ1) is 14.3. The van der Waals surface area contributed by atoms with Crippen LogP contribution in [0, 0.1) is 6.92 Å². The number of benzene rings is 1. The third-order valence-electron chi connectivity index (χ3n) is 3.13. The van der Waals surface area contributed by atoms with Crippen molar-refractivity contribution in [3.8, 4) is 5.69 Å². The standard InChI is InChI=1S/C16H20N2O2/c1-5-20-16(19)13-6-7-15(14(10-13)11(2)3)18-9-8-12(4)17-18/h6-11H,5H2,1-4H3. The van der Waals surface area contributed by atoms with Crippen LogP contribution in [0.3, 0.4) is 0 Å². The second-order valence-electron chi connectivity index (χ2n) is 5.05. The lowest BCUT2D eigenvalue weighted by atomic mass is 9.98. The maximum Gasteiger partial charge on any atom is 0.338 e. The molecular formula is C16H20N2O2. The van der Waals surface area contributed by atoms with Crippen LogP contribution < -0.4 is 0 Å². The Labute approximate surface area is 119 Å². The molecule has 1 heterocycles. The summed E-state index contributed by atoms with van der Waals surface area (Å²) < 4.78 is 6.90. The predicted molar refractivity (Wildman–Crippen MR) is 78.3 cm³/mol. The molecule has 0 N–H and O–H groups in total. The van der Waals surface area contributed by atoms with Gasteiger partial charge in [0.25, 0.3) is 0 Å². The van der Waals surface area contributed by atoms with E-state index in [1.54, 1.807) is 6.07 Å². The average Bonchev–Trinajstić information content (AvgIpc) is 2.84. The lowest BCUT2D eigenvalue weighted by Crippen LogP contribution is -2.08. The van der Waals surface area contributed by atoms with Crippen molar-refractivity contribution in [2.75, 3.05) is 6.61 Å². The number of esters is 1. The predicted octanol–water partition coefficient (Wildman–Crippen LogP) is 3.48. The van der Waals surface area contributed by atoms with Crippen LogP contribution in [0.5, 0.6) is 0 Å². The van der Waals surface area contributed by atoms with Crippen molar-refractivity contribution in [1.82, 2.24) is 9.78 Å². The largest absolute Gasteiger partial charge is 0.462 e. The molecule has 4 nitrogen and oxygen atoms in total. The number of nitrogens with zero attached hydrogens (tertiary/aromatic N) is 2. The van der Waals surface area contributed by atoms with E-state index in [0.29, 0.717) is 18.1 Å². The van der Waals surface area contributed by atoms with E-state index >= 15 is 0 Å². The lowest BCUT2D eigenvalue weighted by Gasteiger charge is -2.14. The molecule has 0 amide bonds. The van der Waals surface area contributed by atoms with Gasteiger partial charge in [0.05, 0.1) is 23.6 Å². The first-order chi connectivity index (χ1) is 9.52. The van der Waals surface area contributed by atoms with E-state index in [0.717, 1.165) is 16.9 Å². The van der Waals surface area contributed by atoms with E-state index in [-0.39, 0.29) is 5.97 Å². The highest BCUT2D eigenvalue weighted by atomic mass is 16.5. The molecule has 0 unspecified atom stereocenters. The first-order valence-corrected chi connectivity index (χ1v) is 6.86. The van der Waals surface area contributed by atoms with Crippen LogP contribution in [0.25, 0.3) is 5.69 Å². The number of aromatic nitrogens is 2. The fourth-order valence-electron chi connectivity index (χ4n) is 2.12. The summed E-state index contributed by atoms with van der Waals surface area (Å²) in [6.07, 6.45) is 1.93. The van der Waals surface area contributed by atoms with Crippen LogP contribution in [-0.2, 0) is 4.74 Å². The van der Waals surface area contributed by atoms with Gasteiger partial charge in [-0.2, -0.15) is 5.10 Å². The number of carbonyl (C=O) groups excluding carboxylic acids is 1. The van der Waals surface area contributed by atoms with Gasteiger partial charge in [-0.1, -0.05) is 13.8 Å². The molecule has 0 saturated heterocycles. The summed E-state index contributed by atoms with van der Waals surface area (Å²) in [5, 5.41) is 4.44. The summed E-state index contributed by atoms with van der Waals surface area (Å²) in [4.78, 5) is 11.8. The molecule has 0 spiro atoms. The normalized spacial score (nSPS) is 10.8. The second kappa shape index (κ2) is 5.90. The zero-order valence-corrected chi connectivity index (χ0v) is 12.4. The Morgan fingerprint density at radius 3 is 2.65 bits per heavy atom. The molecule has 4 heteroatoms. The summed E-state index contributed by atoms with van der Waals surface area (Å²) in [6.45, 7) is 8.35. The molecule has 2 rings (SSSR count). The van der Waals surface area contributed by atoms with Crippen molar-refractivity contribution >= 4 is 5.97 Å². The molecule has 0 aliphatic heterocycles. The van der Waals surface area contributed by atoms with Gasteiger partial charge in [0.15, 0.2) is 0 Å². The van der Waals surface area contributed by atoms with Crippen molar-refractivity contribution in [1.29, 1.82) is 0 Å². The molecule has 106 valence electrons. The summed E-state index contributed by atoms with van der Waals surface area (Å²) in [6, 6.07) is 7.57. The van der Waals surface area contributed by atoms with E-state index < -0.39 is 0 Å². The SMILES string of the molecule is CCOC(=O)c1ccc(-n2ccc(C)n2)c(C(C)C)c1. The van der Waals surface area contributed by atoms with Gasteiger partial charge in [-0.25, -0.2) is 9.48 Å². The van der Waals surface area contributed by atoms with E-state index in [9.17, 15) is 4.79 Å². The Morgan fingerprint density at radius 2 is 2.10 bits per heavy atom. The van der Waals surface area contributed by atoms with Crippen LogP contribution in [-0.4, -0.2) is 22.4 Å². The smallest absolute Gasteiger partial charge is 0.338 e. The minimum atomic E-state index is -0.280. The van der Waals surface area contributed by atoms with Gasteiger partial charge in [-0.3, -0.25) is 0 Å². The molecule has 20 heavy (non-hydrogen) atoms. The lowest BCUT2D eigenvalue weighted by molar-refractivity contribution is 0.0526. The summed E-state index contributed by atoms with van der Waals surface area (Å²) in [5.41, 5.74) is 3.64. The maximum atomic E-state index is 11.8. The summed E-state index contributed by atoms with van der Waals surface area (Å²) in [7, 11) is 0. The third-order valence-corrected chi connectivity index (χ3v) is 3.13. The number of hydrogen-bond donors (Lipinski definition) is 0. The number of ether oxygens (including phenoxy) is 1. The molecule has 0 radical (unpaired) electrons. The van der Waals surface area contributed by atoms with Gasteiger partial charge in [-0.15, -0.1) is 0 Å². The number of rotatable bonds is 4. The molecule has 0 bridgehead atoms. The molecule has 1 aromatic carbocycles. The minimum absolute atomic E-state index is 0.280. The summed E-state index contributed by atoms with van der Waals surface area (Å²) in [5.74, 6) is 0.0153. The van der Waals surface area contributed by atoms with Crippen LogP contribution >= 0.6 is 0 Å². The fraction of sp³-hybridized carbons (Fsp3) is 0.375. The topological polar surface area (TPSA) is 44.1 Å². The van der Waals surface area contributed by atoms with Crippen molar-refractivity contribution < 1.29 is 9.53 Å². The Balaban J connectivity index is 2.46. The average molecular weight is 272 g/mol. The zero-order chi connectivity index (χ0) is 14.7. The molecule has 2 aromatic rings. The monoisotopic (exact) mass is 272 g/mol. The van der Waals surface area contributed by atoms with Gasteiger partial charge in [-0.05, 0) is 49.6 Å². The van der Waals surface area contributed by atoms with E-state index in [1.165, 1.54) is 0 Å². The Hall–Kier alpha value is -2.10. The van der Waals surface area contributed by atoms with Crippen LogP contribution in [0.1, 0.15) is 48.3 Å². The quantitative estimate of drug-likeness (QED) is 0.800. The van der Waals surface area contributed by atoms with Gasteiger partial charge in [0.2, 0.25) is 0 Å². The van der Waals surface area contributed by atoms with Crippen molar-refractivity contribution in [2.45, 2.75) is 33.6 Å². The van der Waals surface area contributed by atoms with Crippen LogP contribution in [0.15, 0.2) is 30.5 Å². The minimum Gasteiger partial charge on any atom is -0.462 e.